The van der Waals surface area contributed by atoms with Crippen LogP contribution < -0.4 is 20.5 Å². The average Bonchev–Trinajstić information content (AvgIpc) is 2.81. The van der Waals surface area contributed by atoms with Gasteiger partial charge in [0.2, 0.25) is 0 Å². The molecule has 1 amide bonds. The van der Waals surface area contributed by atoms with E-state index >= 15 is 0 Å². The Morgan fingerprint density at radius 3 is 2.35 bits per heavy atom. The minimum atomic E-state index is -0.586. The summed E-state index contributed by atoms with van der Waals surface area (Å²) < 4.78 is 16.3. The zero-order chi connectivity index (χ0) is 22.1. The van der Waals surface area contributed by atoms with Gasteiger partial charge in [0.1, 0.15) is 6.61 Å². The first-order valence-electron chi connectivity index (χ1n) is 9.68. The highest BCUT2D eigenvalue weighted by Gasteiger charge is 2.11. The maximum absolute atomic E-state index is 12.0. The van der Waals surface area contributed by atoms with Gasteiger partial charge in [-0.3, -0.25) is 4.79 Å². The number of nitrogens with two attached hydrogens (primary N) is 1. The van der Waals surface area contributed by atoms with Crippen LogP contribution >= 0.6 is 0 Å². The Kier molecular flexibility index (Phi) is 7.48. The van der Waals surface area contributed by atoms with Gasteiger partial charge in [-0.2, -0.15) is 0 Å². The molecule has 0 unspecified atom stereocenters. The highest BCUT2D eigenvalue weighted by molar-refractivity contribution is 5.91. The Balaban J connectivity index is 1.48. The quantitative estimate of drug-likeness (QED) is 0.407. The van der Waals surface area contributed by atoms with Crippen LogP contribution in [0.15, 0.2) is 72.8 Å². The molecule has 0 radical (unpaired) electrons. The summed E-state index contributed by atoms with van der Waals surface area (Å²) in [5.41, 5.74) is 8.33. The molecule has 0 bridgehead atoms. The molecule has 0 aromatic heterocycles. The minimum Gasteiger partial charge on any atom is -0.493 e. The summed E-state index contributed by atoms with van der Waals surface area (Å²) in [7, 11) is 1.56. The number of rotatable bonds is 9. The van der Waals surface area contributed by atoms with E-state index < -0.39 is 11.9 Å². The Morgan fingerprint density at radius 2 is 1.65 bits per heavy atom. The van der Waals surface area contributed by atoms with E-state index in [-0.39, 0.29) is 13.2 Å². The van der Waals surface area contributed by atoms with Crippen molar-refractivity contribution in [3.63, 3.8) is 0 Å². The lowest BCUT2D eigenvalue weighted by atomic mass is 10.2. The molecule has 3 aromatic carbocycles. The smallest absolute Gasteiger partial charge is 0.338 e. The largest absolute Gasteiger partial charge is 0.493 e. The number of carbonyl (C=O) groups excluding carboxylic acids is 2. The molecule has 3 N–H and O–H groups in total. The second-order valence-corrected chi connectivity index (χ2v) is 6.73. The van der Waals surface area contributed by atoms with Crippen molar-refractivity contribution in [2.75, 3.05) is 19.5 Å². The molecular weight excluding hydrogens is 396 g/mol. The van der Waals surface area contributed by atoms with Crippen molar-refractivity contribution in [1.82, 2.24) is 5.32 Å². The predicted molar refractivity (Wildman–Crippen MR) is 117 cm³/mol. The second kappa shape index (κ2) is 10.7. The van der Waals surface area contributed by atoms with Gasteiger partial charge in [-0.25, -0.2) is 4.79 Å². The molecule has 31 heavy (non-hydrogen) atoms. The summed E-state index contributed by atoms with van der Waals surface area (Å²) in [5, 5.41) is 2.71. The average molecular weight is 420 g/mol. The van der Waals surface area contributed by atoms with E-state index in [1.54, 1.807) is 43.5 Å². The van der Waals surface area contributed by atoms with Crippen molar-refractivity contribution in [2.24, 2.45) is 0 Å². The molecule has 0 aliphatic heterocycles. The van der Waals surface area contributed by atoms with Gasteiger partial charge < -0.3 is 25.3 Å². The van der Waals surface area contributed by atoms with Crippen LogP contribution in [0.2, 0.25) is 0 Å². The van der Waals surface area contributed by atoms with Gasteiger partial charge in [-0.1, -0.05) is 36.4 Å². The Morgan fingerprint density at radius 1 is 0.903 bits per heavy atom. The van der Waals surface area contributed by atoms with E-state index in [0.29, 0.717) is 29.4 Å². The number of methoxy groups -OCH3 is 1. The first-order chi connectivity index (χ1) is 15.0. The van der Waals surface area contributed by atoms with Crippen LogP contribution in [0, 0.1) is 0 Å². The second-order valence-electron chi connectivity index (χ2n) is 6.73. The molecule has 7 nitrogen and oxygen atoms in total. The fourth-order valence-electron chi connectivity index (χ4n) is 2.76. The summed E-state index contributed by atoms with van der Waals surface area (Å²) in [4.78, 5) is 24.0. The fourth-order valence-corrected chi connectivity index (χ4v) is 2.76. The van der Waals surface area contributed by atoms with E-state index in [1.165, 1.54) is 0 Å². The molecule has 3 aromatic rings. The van der Waals surface area contributed by atoms with Crippen LogP contribution in [-0.2, 0) is 22.7 Å². The summed E-state index contributed by atoms with van der Waals surface area (Å²) in [6, 6.07) is 21.5. The fraction of sp³-hybridized carbons (Fsp3) is 0.167. The van der Waals surface area contributed by atoms with Gasteiger partial charge in [0, 0.05) is 12.2 Å². The maximum Gasteiger partial charge on any atom is 0.338 e. The monoisotopic (exact) mass is 420 g/mol. The van der Waals surface area contributed by atoms with Crippen molar-refractivity contribution in [3.05, 3.63) is 89.5 Å². The molecule has 0 spiro atoms. The van der Waals surface area contributed by atoms with Crippen LogP contribution in [0.1, 0.15) is 21.5 Å². The summed E-state index contributed by atoms with van der Waals surface area (Å²) in [5.74, 6) is 0.181. The number of hydrogen-bond acceptors (Lipinski definition) is 6. The van der Waals surface area contributed by atoms with Crippen molar-refractivity contribution in [1.29, 1.82) is 0 Å². The van der Waals surface area contributed by atoms with Crippen LogP contribution in [-0.4, -0.2) is 25.6 Å². The molecular formula is C24H24N2O5. The summed E-state index contributed by atoms with van der Waals surface area (Å²) >= 11 is 0. The van der Waals surface area contributed by atoms with Gasteiger partial charge in [0.25, 0.3) is 5.91 Å². The SMILES string of the molecule is COc1cc(CNC(=O)COC(=O)c2ccc(N)cc2)ccc1OCc1ccccc1. The van der Waals surface area contributed by atoms with Crippen molar-refractivity contribution in [3.8, 4) is 11.5 Å². The molecule has 0 aliphatic carbocycles. The normalized spacial score (nSPS) is 10.2. The van der Waals surface area contributed by atoms with Crippen molar-refractivity contribution >= 4 is 17.6 Å². The number of esters is 1. The van der Waals surface area contributed by atoms with E-state index in [4.69, 9.17) is 19.9 Å². The lowest BCUT2D eigenvalue weighted by Gasteiger charge is -2.13. The van der Waals surface area contributed by atoms with Gasteiger partial charge in [0.15, 0.2) is 18.1 Å². The molecule has 0 fully saturated rings. The third kappa shape index (κ3) is 6.50. The Hall–Kier alpha value is -4.00. The van der Waals surface area contributed by atoms with Crippen LogP contribution in [0.5, 0.6) is 11.5 Å². The zero-order valence-corrected chi connectivity index (χ0v) is 17.2. The van der Waals surface area contributed by atoms with Crippen molar-refractivity contribution < 1.29 is 23.8 Å². The van der Waals surface area contributed by atoms with E-state index in [2.05, 4.69) is 5.32 Å². The standard InChI is InChI=1S/C24H24N2O5/c1-29-22-13-18(7-12-21(22)30-15-17-5-3-2-4-6-17)14-26-23(27)16-31-24(28)19-8-10-20(25)11-9-19/h2-13H,14-16,25H2,1H3,(H,26,27). The molecule has 0 saturated heterocycles. The Labute approximate surface area is 180 Å². The van der Waals surface area contributed by atoms with Gasteiger partial charge in [-0.05, 0) is 47.5 Å². The highest BCUT2D eigenvalue weighted by atomic mass is 16.5. The maximum atomic E-state index is 12.0. The Bertz CT molecular complexity index is 1020. The summed E-state index contributed by atoms with van der Waals surface area (Å²) in [6.07, 6.45) is 0. The van der Waals surface area contributed by atoms with Crippen LogP contribution in [0.25, 0.3) is 0 Å². The van der Waals surface area contributed by atoms with Crippen molar-refractivity contribution in [2.45, 2.75) is 13.2 Å². The molecule has 0 saturated carbocycles. The minimum absolute atomic E-state index is 0.258. The number of nitrogens with one attached hydrogen (secondary N) is 1. The van der Waals surface area contributed by atoms with Crippen LogP contribution in [0.3, 0.4) is 0 Å². The van der Waals surface area contributed by atoms with Gasteiger partial charge >= 0.3 is 5.97 Å². The molecule has 0 atom stereocenters. The number of carbonyl (C=O) groups is 2. The molecule has 3 rings (SSSR count). The molecule has 7 heteroatoms. The number of nitrogen functional groups attached to an aromatic ring is 1. The third-order valence-electron chi connectivity index (χ3n) is 4.44. The first kappa shape index (κ1) is 21.7. The number of amides is 1. The first-order valence-corrected chi connectivity index (χ1v) is 9.68. The molecule has 0 aliphatic rings. The molecule has 160 valence electrons. The van der Waals surface area contributed by atoms with Crippen LogP contribution in [0.4, 0.5) is 5.69 Å². The van der Waals surface area contributed by atoms with Gasteiger partial charge in [-0.15, -0.1) is 0 Å². The molecule has 0 heterocycles. The number of hydrogen-bond donors (Lipinski definition) is 2. The predicted octanol–water partition coefficient (Wildman–Crippen LogP) is 3.33. The zero-order valence-electron chi connectivity index (χ0n) is 17.2. The lowest BCUT2D eigenvalue weighted by molar-refractivity contribution is -0.124. The van der Waals surface area contributed by atoms with Gasteiger partial charge in [0.05, 0.1) is 12.7 Å². The third-order valence-corrected chi connectivity index (χ3v) is 4.44. The highest BCUT2D eigenvalue weighted by Crippen LogP contribution is 2.28. The van der Waals surface area contributed by atoms with E-state index in [1.807, 2.05) is 36.4 Å². The lowest BCUT2D eigenvalue weighted by Crippen LogP contribution is -2.28. The number of anilines is 1. The number of benzene rings is 3. The van der Waals surface area contributed by atoms with E-state index in [0.717, 1.165) is 11.1 Å². The summed E-state index contributed by atoms with van der Waals surface area (Å²) in [6.45, 7) is 0.304. The van der Waals surface area contributed by atoms with E-state index in [9.17, 15) is 9.59 Å². The number of ether oxygens (including phenoxy) is 3. The topological polar surface area (TPSA) is 99.9 Å².